The number of likely N-dealkylation sites (tertiary alicyclic amines) is 2. The molecule has 16 heteroatoms. The second-order valence-electron chi connectivity index (χ2n) is 16.0. The number of alkyl halides is 3. The number of nitrogens with zero attached hydrogens (tertiary/aromatic N) is 6. The molecule has 4 aliphatic rings. The average Bonchev–Trinajstić information content (AvgIpc) is 3.25. The minimum atomic E-state index is -4.38. The number of carbonyl (C=O) groups is 5. The van der Waals surface area contributed by atoms with E-state index in [9.17, 15) is 37.1 Å². The highest BCUT2D eigenvalue weighted by Crippen LogP contribution is 2.24. The van der Waals surface area contributed by atoms with Crippen molar-refractivity contribution in [3.8, 4) is 0 Å². The van der Waals surface area contributed by atoms with Crippen molar-refractivity contribution in [2.75, 3.05) is 89.6 Å². The Morgan fingerprint density at radius 2 is 0.857 bits per heavy atom. The van der Waals surface area contributed by atoms with Crippen LogP contribution in [0.15, 0.2) is 109 Å². The molecule has 0 unspecified atom stereocenters. The monoisotopic (exact) mass is 868 g/mol. The topological polar surface area (TPSA) is 143 Å². The van der Waals surface area contributed by atoms with Crippen molar-refractivity contribution < 1.29 is 37.1 Å². The summed E-state index contributed by atoms with van der Waals surface area (Å²) in [6.45, 7) is 8.67. The van der Waals surface area contributed by atoms with Crippen LogP contribution in [0.4, 0.5) is 24.5 Å². The van der Waals surface area contributed by atoms with Crippen molar-refractivity contribution in [2.45, 2.75) is 38.5 Å². The first kappa shape index (κ1) is 46.2. The maximum atomic E-state index is 12.7. The molecule has 13 nitrogen and oxygen atoms in total. The van der Waals surface area contributed by atoms with Crippen LogP contribution in [0.3, 0.4) is 0 Å². The molecule has 5 amide bonds. The first-order valence-electron chi connectivity index (χ1n) is 20.9. The van der Waals surface area contributed by atoms with E-state index in [2.05, 4.69) is 15.1 Å². The molecule has 4 saturated heterocycles. The lowest BCUT2D eigenvalue weighted by Crippen LogP contribution is -2.64. The Hall–Kier alpha value is -6.26. The number of nitrogens with one attached hydrogen (secondary N) is 1. The van der Waals surface area contributed by atoms with E-state index in [4.69, 9.17) is 5.73 Å². The van der Waals surface area contributed by atoms with Gasteiger partial charge in [0.15, 0.2) is 0 Å². The molecule has 0 saturated carbocycles. The molecule has 0 spiro atoms. The maximum absolute atomic E-state index is 12.7. The molecule has 0 aliphatic carbocycles. The minimum absolute atomic E-state index is 0. The Morgan fingerprint density at radius 3 is 1.24 bits per heavy atom. The van der Waals surface area contributed by atoms with Gasteiger partial charge in [-0.1, -0.05) is 43.8 Å². The summed E-state index contributed by atoms with van der Waals surface area (Å²) >= 11 is 0. The molecule has 8 rings (SSSR count). The van der Waals surface area contributed by atoms with E-state index < -0.39 is 24.9 Å². The second-order valence-corrected chi connectivity index (χ2v) is 16.0. The van der Waals surface area contributed by atoms with E-state index in [-0.39, 0.29) is 37.1 Å². The van der Waals surface area contributed by atoms with Crippen LogP contribution >= 0.6 is 0 Å². The van der Waals surface area contributed by atoms with Crippen LogP contribution in [0, 0.1) is 0 Å². The van der Waals surface area contributed by atoms with Crippen molar-refractivity contribution in [1.82, 2.24) is 29.4 Å². The van der Waals surface area contributed by atoms with Gasteiger partial charge in [0.05, 0.1) is 6.42 Å². The second kappa shape index (κ2) is 20.7. The van der Waals surface area contributed by atoms with Crippen LogP contribution in [0.2, 0.25) is 0 Å². The Balaban J connectivity index is 0.000000213. The van der Waals surface area contributed by atoms with Crippen LogP contribution in [-0.2, 0) is 4.79 Å². The molecule has 4 aliphatic heterocycles. The van der Waals surface area contributed by atoms with Gasteiger partial charge in [0, 0.05) is 131 Å². The van der Waals surface area contributed by atoms with Crippen LogP contribution in [0.25, 0.3) is 0 Å². The number of hydrogen-bond acceptors (Lipinski definition) is 8. The van der Waals surface area contributed by atoms with Gasteiger partial charge in [0.25, 0.3) is 23.6 Å². The summed E-state index contributed by atoms with van der Waals surface area (Å²) in [5.41, 5.74) is 9.26. The smallest absolute Gasteiger partial charge is 0.389 e. The van der Waals surface area contributed by atoms with Crippen LogP contribution in [-0.4, -0.2) is 156 Å². The fourth-order valence-electron chi connectivity index (χ4n) is 7.98. The number of piperazine rings is 2. The van der Waals surface area contributed by atoms with Crippen molar-refractivity contribution >= 4 is 40.9 Å². The Morgan fingerprint density at radius 1 is 0.508 bits per heavy atom. The molecule has 334 valence electrons. The lowest BCUT2D eigenvalue weighted by Gasteiger charge is -2.48. The molecule has 0 atom stereocenters. The zero-order valence-electron chi connectivity index (χ0n) is 34.4. The van der Waals surface area contributed by atoms with E-state index in [1.54, 1.807) is 41.3 Å². The predicted molar refractivity (Wildman–Crippen MR) is 235 cm³/mol. The van der Waals surface area contributed by atoms with Gasteiger partial charge in [-0.15, -0.1) is 0 Å². The Labute approximate surface area is 366 Å². The van der Waals surface area contributed by atoms with Gasteiger partial charge in [0.1, 0.15) is 0 Å². The molecular weight excluding hydrogens is 814 g/mol. The highest BCUT2D eigenvalue weighted by atomic mass is 19.4. The number of anilines is 2. The number of benzene rings is 4. The summed E-state index contributed by atoms with van der Waals surface area (Å²) < 4.78 is 36.7. The summed E-state index contributed by atoms with van der Waals surface area (Å²) in [5, 5.41) is 2.41. The number of nitrogens with two attached hydrogens (primary N) is 1. The highest BCUT2D eigenvalue weighted by Gasteiger charge is 2.38. The largest absolute Gasteiger partial charge is 0.399 e. The molecule has 4 fully saturated rings. The third-order valence-electron chi connectivity index (χ3n) is 11.8. The normalized spacial score (nSPS) is 17.3. The third-order valence-corrected chi connectivity index (χ3v) is 11.8. The van der Waals surface area contributed by atoms with Gasteiger partial charge in [-0.3, -0.25) is 33.8 Å². The Bertz CT molecular complexity index is 2170. The number of halogens is 3. The van der Waals surface area contributed by atoms with Gasteiger partial charge in [-0.05, 0) is 72.8 Å². The average molecular weight is 869 g/mol. The van der Waals surface area contributed by atoms with Gasteiger partial charge >= 0.3 is 6.18 Å². The number of rotatable bonds is 9. The molecule has 0 radical (unpaired) electrons. The molecule has 3 N–H and O–H groups in total. The van der Waals surface area contributed by atoms with Crippen molar-refractivity contribution in [3.63, 3.8) is 0 Å². The first-order valence-corrected chi connectivity index (χ1v) is 20.9. The zero-order chi connectivity index (χ0) is 43.8. The summed E-state index contributed by atoms with van der Waals surface area (Å²) in [6, 6.07) is 32.5. The number of hydrogen-bond donors (Lipinski definition) is 2. The van der Waals surface area contributed by atoms with Crippen LogP contribution in [0.1, 0.15) is 61.7 Å². The van der Waals surface area contributed by atoms with Crippen molar-refractivity contribution in [2.24, 2.45) is 0 Å². The molecule has 63 heavy (non-hydrogen) atoms. The summed E-state index contributed by atoms with van der Waals surface area (Å²) in [7, 11) is 0. The van der Waals surface area contributed by atoms with Gasteiger partial charge in [0.2, 0.25) is 5.91 Å². The predicted octanol–water partition coefficient (Wildman–Crippen LogP) is 5.44. The van der Waals surface area contributed by atoms with Gasteiger partial charge < -0.3 is 30.7 Å². The summed E-state index contributed by atoms with van der Waals surface area (Å²) in [5.74, 6) is -0.657. The van der Waals surface area contributed by atoms with E-state index in [0.717, 1.165) is 57.9 Å². The molecule has 4 aromatic carbocycles. The van der Waals surface area contributed by atoms with Crippen molar-refractivity contribution in [1.29, 1.82) is 0 Å². The first-order chi connectivity index (χ1) is 29.8. The molecule has 0 aromatic heterocycles. The minimum Gasteiger partial charge on any atom is -0.399 e. The van der Waals surface area contributed by atoms with Gasteiger partial charge in [-0.25, -0.2) is 0 Å². The molecular formula is C47H55F3N8O5. The van der Waals surface area contributed by atoms with Crippen LogP contribution < -0.4 is 11.1 Å². The van der Waals surface area contributed by atoms with E-state index in [0.29, 0.717) is 60.3 Å². The number of nitrogen functional groups attached to an aromatic ring is 1. The fourth-order valence-corrected chi connectivity index (χ4v) is 7.98. The molecule has 4 aromatic rings. The number of amides is 5. The Kier molecular flexibility index (Phi) is 15.2. The van der Waals surface area contributed by atoms with E-state index in [1.165, 1.54) is 12.1 Å². The SMILES string of the molecule is C.Nc1ccc(C(=O)N2CC(N3CCN(C(=O)c4ccccc4)CC3)C2)cc1.O=C(CCC(F)(F)F)Nc1ccc(C(=O)N2CC(N3CCN(C(=O)c4ccccc4)CC3)C2)cc1. The zero-order valence-corrected chi connectivity index (χ0v) is 34.4. The van der Waals surface area contributed by atoms with Crippen LogP contribution in [0.5, 0.6) is 0 Å². The van der Waals surface area contributed by atoms with Crippen molar-refractivity contribution in [3.05, 3.63) is 131 Å². The lowest BCUT2D eigenvalue weighted by molar-refractivity contribution is -0.142. The maximum Gasteiger partial charge on any atom is 0.389 e. The number of carbonyl (C=O) groups excluding carboxylic acids is 5. The summed E-state index contributed by atoms with van der Waals surface area (Å²) in [6.07, 6.45) is -6.20. The highest BCUT2D eigenvalue weighted by molar-refractivity contribution is 5.97. The summed E-state index contributed by atoms with van der Waals surface area (Å²) in [4.78, 5) is 74.1. The van der Waals surface area contributed by atoms with E-state index in [1.807, 2.05) is 75.4 Å². The lowest BCUT2D eigenvalue weighted by atomic mass is 10.0. The molecule has 0 bridgehead atoms. The fraction of sp³-hybridized carbons (Fsp3) is 0.383. The standard InChI is InChI=1S/C25H27F3N4O3.C21H24N4O2.CH4/c26-25(27,28)11-10-22(33)29-20-8-6-19(7-9-20)24(35)32-16-21(17-32)30-12-14-31(15-13-30)23(34)18-4-2-1-3-5-18;22-18-8-6-17(7-9-18)21(27)25-14-19(15-25)23-10-12-24(13-11-23)20(26)16-4-2-1-3-5-16;/h1-9,21H,10-17H2,(H,29,33);1-9,19H,10-15,22H2;1H4. The quantitative estimate of drug-likeness (QED) is 0.212. The third kappa shape index (κ3) is 12.0. The molecule has 4 heterocycles. The van der Waals surface area contributed by atoms with E-state index >= 15 is 0 Å². The van der Waals surface area contributed by atoms with Gasteiger partial charge in [-0.2, -0.15) is 13.2 Å².